The van der Waals surface area contributed by atoms with Crippen LogP contribution in [0.1, 0.15) is 37.4 Å². The second-order valence-corrected chi connectivity index (χ2v) is 10.7. The van der Waals surface area contributed by atoms with E-state index in [0.717, 1.165) is 16.8 Å². The molecule has 206 valence electrons. The lowest BCUT2D eigenvalue weighted by Crippen LogP contribution is -2.49. The normalized spacial score (nSPS) is 14.9. The summed E-state index contributed by atoms with van der Waals surface area (Å²) in [5, 5.41) is 3.13. The Morgan fingerprint density at radius 1 is 1.00 bits per heavy atom. The highest BCUT2D eigenvalue weighted by Gasteiger charge is 2.28. The molecule has 7 nitrogen and oxygen atoms in total. The predicted octanol–water partition coefficient (Wildman–Crippen LogP) is 4.02. The fraction of sp³-hybridized carbons (Fsp3) is 0.467. The summed E-state index contributed by atoms with van der Waals surface area (Å²) < 4.78 is 15.2. The lowest BCUT2D eigenvalue weighted by molar-refractivity contribution is -0.126. The number of hydrogen-bond donors (Lipinski definition) is 1. The van der Waals surface area contributed by atoms with Crippen molar-refractivity contribution < 1.29 is 14.0 Å². The molecule has 1 N–H and O–H groups in total. The van der Waals surface area contributed by atoms with Crippen molar-refractivity contribution >= 4 is 29.3 Å². The van der Waals surface area contributed by atoms with Gasteiger partial charge in [-0.3, -0.25) is 9.59 Å². The monoisotopic (exact) mass is 523 g/mol. The van der Waals surface area contributed by atoms with Crippen molar-refractivity contribution in [3.63, 3.8) is 0 Å². The summed E-state index contributed by atoms with van der Waals surface area (Å²) in [6, 6.07) is 12.8. The van der Waals surface area contributed by atoms with Gasteiger partial charge in [0.05, 0.1) is 11.7 Å². The number of amides is 2. The summed E-state index contributed by atoms with van der Waals surface area (Å²) in [4.78, 5) is 33.3. The first-order valence-corrected chi connectivity index (χ1v) is 13.3. The van der Waals surface area contributed by atoms with E-state index in [0.29, 0.717) is 44.8 Å². The Bertz CT molecular complexity index is 1110. The average molecular weight is 524 g/mol. The molecule has 8 heteroatoms. The van der Waals surface area contributed by atoms with Crippen molar-refractivity contribution in [1.29, 1.82) is 0 Å². The molecule has 0 saturated carbocycles. The number of rotatable bonds is 10. The largest absolute Gasteiger partial charge is 0.378 e. The number of benzene rings is 2. The van der Waals surface area contributed by atoms with Crippen molar-refractivity contribution in [2.75, 3.05) is 70.7 Å². The third-order valence-corrected chi connectivity index (χ3v) is 6.86. The number of carbonyl (C=O) groups excluding carboxylic acids is 2. The minimum atomic E-state index is -0.309. The molecule has 1 saturated heterocycles. The van der Waals surface area contributed by atoms with Gasteiger partial charge in [0.15, 0.2) is 0 Å². The smallest absolute Gasteiger partial charge is 0.246 e. The first kappa shape index (κ1) is 29.2. The highest BCUT2D eigenvalue weighted by atomic mass is 19.1. The second kappa shape index (κ2) is 13.4. The van der Waals surface area contributed by atoms with Crippen molar-refractivity contribution in [1.82, 2.24) is 15.1 Å². The third kappa shape index (κ3) is 7.81. The van der Waals surface area contributed by atoms with Crippen molar-refractivity contribution in [2.24, 2.45) is 5.92 Å². The molecule has 1 aliphatic rings. The van der Waals surface area contributed by atoms with Crippen LogP contribution in [0.2, 0.25) is 0 Å². The van der Waals surface area contributed by atoms with E-state index in [9.17, 15) is 9.59 Å². The first-order valence-electron chi connectivity index (χ1n) is 13.3. The lowest BCUT2D eigenvalue weighted by Gasteiger charge is -2.38. The molecule has 3 rings (SSSR count). The molecule has 0 aliphatic carbocycles. The number of piperazine rings is 1. The number of nitrogens with zero attached hydrogens (tertiary/aromatic N) is 4. The number of para-hydroxylation sites is 1. The second-order valence-electron chi connectivity index (χ2n) is 10.7. The highest BCUT2D eigenvalue weighted by molar-refractivity contribution is 5.92. The summed E-state index contributed by atoms with van der Waals surface area (Å²) in [7, 11) is 7.84. The number of anilines is 2. The maximum absolute atomic E-state index is 15.2. The van der Waals surface area contributed by atoms with Gasteiger partial charge in [0, 0.05) is 70.6 Å². The van der Waals surface area contributed by atoms with E-state index in [1.807, 2.05) is 93.1 Å². The van der Waals surface area contributed by atoms with E-state index in [4.69, 9.17) is 0 Å². The van der Waals surface area contributed by atoms with Crippen LogP contribution in [0, 0.1) is 11.7 Å². The lowest BCUT2D eigenvalue weighted by atomic mass is 9.93. The van der Waals surface area contributed by atoms with Crippen LogP contribution >= 0.6 is 0 Å². The summed E-state index contributed by atoms with van der Waals surface area (Å²) >= 11 is 0. The topological polar surface area (TPSA) is 59.1 Å². The van der Waals surface area contributed by atoms with Crippen molar-refractivity contribution in [3.8, 4) is 0 Å². The maximum atomic E-state index is 15.2. The van der Waals surface area contributed by atoms with Crippen LogP contribution in [0.5, 0.6) is 0 Å². The molecule has 2 aromatic rings. The zero-order valence-corrected chi connectivity index (χ0v) is 23.6. The van der Waals surface area contributed by atoms with E-state index < -0.39 is 0 Å². The van der Waals surface area contributed by atoms with Gasteiger partial charge in [-0.2, -0.15) is 0 Å². The zero-order chi connectivity index (χ0) is 27.8. The van der Waals surface area contributed by atoms with E-state index >= 15 is 4.39 Å². The average Bonchev–Trinajstić information content (AvgIpc) is 2.89. The summed E-state index contributed by atoms with van der Waals surface area (Å²) in [5.41, 5.74) is 3.36. The zero-order valence-electron chi connectivity index (χ0n) is 23.6. The molecule has 1 fully saturated rings. The van der Waals surface area contributed by atoms with Gasteiger partial charge in [0.1, 0.15) is 5.82 Å². The summed E-state index contributed by atoms with van der Waals surface area (Å²) in [5.74, 6) is -0.329. The molecule has 1 heterocycles. The number of nitrogens with one attached hydrogen (secondary N) is 1. The summed E-state index contributed by atoms with van der Waals surface area (Å²) in [6.45, 7) is 6.74. The molecule has 0 bridgehead atoms. The molecule has 0 aromatic heterocycles. The fourth-order valence-corrected chi connectivity index (χ4v) is 4.60. The van der Waals surface area contributed by atoms with Crippen LogP contribution in [0.3, 0.4) is 0 Å². The molecular formula is C30H42FN5O2. The Labute approximate surface area is 226 Å². The van der Waals surface area contributed by atoms with Crippen LogP contribution in [0.4, 0.5) is 15.8 Å². The molecule has 38 heavy (non-hydrogen) atoms. The molecule has 1 aliphatic heterocycles. The minimum Gasteiger partial charge on any atom is -0.378 e. The van der Waals surface area contributed by atoms with Crippen LogP contribution in [0.25, 0.3) is 6.08 Å². The van der Waals surface area contributed by atoms with Gasteiger partial charge in [0.2, 0.25) is 11.8 Å². The minimum absolute atomic E-state index is 0.0498. The van der Waals surface area contributed by atoms with Crippen LogP contribution in [0.15, 0.2) is 48.5 Å². The Morgan fingerprint density at radius 3 is 2.24 bits per heavy atom. The van der Waals surface area contributed by atoms with Gasteiger partial charge in [-0.05, 0) is 49.9 Å². The van der Waals surface area contributed by atoms with Crippen LogP contribution in [-0.2, 0) is 9.59 Å². The van der Waals surface area contributed by atoms with E-state index in [-0.39, 0.29) is 29.6 Å². The van der Waals surface area contributed by atoms with Gasteiger partial charge < -0.3 is 24.9 Å². The Morgan fingerprint density at radius 2 is 1.66 bits per heavy atom. The van der Waals surface area contributed by atoms with Crippen LogP contribution in [-0.4, -0.2) is 82.5 Å². The fourth-order valence-electron chi connectivity index (χ4n) is 4.60. The van der Waals surface area contributed by atoms with E-state index in [2.05, 4.69) is 5.32 Å². The van der Waals surface area contributed by atoms with Gasteiger partial charge >= 0.3 is 0 Å². The first-order chi connectivity index (χ1) is 18.1. The van der Waals surface area contributed by atoms with E-state index in [1.165, 1.54) is 6.07 Å². The molecule has 2 amide bonds. The van der Waals surface area contributed by atoms with Crippen molar-refractivity contribution in [3.05, 3.63) is 65.5 Å². The van der Waals surface area contributed by atoms with Gasteiger partial charge in [0.25, 0.3) is 0 Å². The summed E-state index contributed by atoms with van der Waals surface area (Å²) in [6.07, 6.45) is 3.82. The van der Waals surface area contributed by atoms with Crippen molar-refractivity contribution in [2.45, 2.75) is 26.3 Å². The number of hydrogen-bond acceptors (Lipinski definition) is 5. The maximum Gasteiger partial charge on any atom is 0.246 e. The molecule has 1 atom stereocenters. The highest BCUT2D eigenvalue weighted by Crippen LogP contribution is 2.34. The number of carbonyl (C=O) groups is 2. The third-order valence-electron chi connectivity index (χ3n) is 6.86. The molecule has 2 aromatic carbocycles. The van der Waals surface area contributed by atoms with Gasteiger partial charge in [-0.25, -0.2) is 4.39 Å². The SMILES string of the molecule is CC(C)[C@H](NC(=O)CCN(C)C)c1cccc(F)c1N1CCN(C(=O)/C=C/c2ccc(N(C)C)cc2)CC1. The number of halogens is 1. The molecule has 0 unspecified atom stereocenters. The molecule has 0 spiro atoms. The Kier molecular flexibility index (Phi) is 10.3. The van der Waals surface area contributed by atoms with Gasteiger partial charge in [-0.1, -0.05) is 38.1 Å². The van der Waals surface area contributed by atoms with E-state index in [1.54, 1.807) is 17.0 Å². The Hall–Kier alpha value is -3.39. The molecular weight excluding hydrogens is 481 g/mol. The quantitative estimate of drug-likeness (QED) is 0.477. The van der Waals surface area contributed by atoms with Crippen LogP contribution < -0.4 is 15.1 Å². The van der Waals surface area contributed by atoms with Gasteiger partial charge in [-0.15, -0.1) is 0 Å². The predicted molar refractivity (Wildman–Crippen MR) is 154 cm³/mol. The molecule has 0 radical (unpaired) electrons. The Balaban J connectivity index is 1.68. The standard InChI is InChI=1S/C30H42FN5O2/c1-22(2)29(32-27(37)16-17-33(3)4)25-8-7-9-26(31)30(25)36-20-18-35(19-21-36)28(38)15-12-23-10-13-24(14-11-23)34(5)6/h7-15,22,29H,16-21H2,1-6H3,(H,32,37)/b15-12+/t29-/m0/s1.